The number of amides is 2. The van der Waals surface area contributed by atoms with Crippen LogP contribution < -0.4 is 20.1 Å². The smallest absolute Gasteiger partial charge is 0.257 e. The summed E-state index contributed by atoms with van der Waals surface area (Å²) in [5.74, 6) is 1.20. The lowest BCUT2D eigenvalue weighted by atomic mass is 10.1. The highest BCUT2D eigenvalue weighted by Crippen LogP contribution is 2.28. The van der Waals surface area contributed by atoms with E-state index in [1.54, 1.807) is 26.4 Å². The molecule has 0 aliphatic rings. The number of aromatic nitrogens is 2. The Morgan fingerprint density at radius 3 is 2.62 bits per heavy atom. The van der Waals surface area contributed by atoms with Gasteiger partial charge in [0.05, 0.1) is 20.0 Å². The topological polar surface area (TPSA) is 102 Å². The average Bonchev–Trinajstić information content (AvgIpc) is 3.24. The van der Waals surface area contributed by atoms with Gasteiger partial charge in [0.25, 0.3) is 5.91 Å². The molecule has 8 nitrogen and oxygen atoms in total. The SMILES string of the molecule is COc1ccc(CCNC(=O)CSc2nnc(NC(=O)c3cccc(C)c3)s2)cc1OC. The number of methoxy groups -OCH3 is 2. The van der Waals surface area contributed by atoms with E-state index in [9.17, 15) is 9.59 Å². The molecule has 3 aromatic rings. The van der Waals surface area contributed by atoms with Crippen molar-refractivity contribution in [3.8, 4) is 11.5 Å². The molecule has 1 aromatic heterocycles. The van der Waals surface area contributed by atoms with Crippen LogP contribution in [0.4, 0.5) is 5.13 Å². The standard InChI is InChI=1S/C22H24N4O4S2/c1-14-5-4-6-16(11-14)20(28)24-21-25-26-22(32-21)31-13-19(27)23-10-9-15-7-8-17(29-2)18(12-15)30-3/h4-8,11-12H,9-10,13H2,1-3H3,(H,23,27)(H,24,25,28). The summed E-state index contributed by atoms with van der Waals surface area (Å²) in [6.07, 6.45) is 0.671. The first-order valence-corrected chi connectivity index (χ1v) is 11.6. The Morgan fingerprint density at radius 2 is 1.88 bits per heavy atom. The van der Waals surface area contributed by atoms with Gasteiger partial charge in [0.1, 0.15) is 0 Å². The fourth-order valence-corrected chi connectivity index (χ4v) is 4.41. The number of nitrogens with zero attached hydrogens (tertiary/aromatic N) is 2. The number of benzene rings is 2. The number of thioether (sulfide) groups is 1. The molecule has 0 unspecified atom stereocenters. The lowest BCUT2D eigenvalue weighted by Gasteiger charge is -2.10. The maximum atomic E-state index is 12.3. The monoisotopic (exact) mass is 472 g/mol. The number of carbonyl (C=O) groups is 2. The van der Waals surface area contributed by atoms with Gasteiger partial charge in [-0.25, -0.2) is 0 Å². The molecule has 3 rings (SSSR count). The number of rotatable bonds is 10. The van der Waals surface area contributed by atoms with E-state index in [0.29, 0.717) is 39.5 Å². The Kier molecular flexibility index (Phi) is 8.46. The summed E-state index contributed by atoms with van der Waals surface area (Å²) in [5, 5.41) is 14.0. The van der Waals surface area contributed by atoms with Gasteiger partial charge >= 0.3 is 0 Å². The molecule has 2 amide bonds. The third-order valence-corrected chi connectivity index (χ3v) is 6.39. The molecule has 0 spiro atoms. The third-order valence-electron chi connectivity index (χ3n) is 4.42. The second-order valence-corrected chi connectivity index (χ2v) is 8.97. The van der Waals surface area contributed by atoms with Crippen LogP contribution >= 0.6 is 23.1 Å². The molecule has 2 aromatic carbocycles. The van der Waals surface area contributed by atoms with Crippen LogP contribution in [0.2, 0.25) is 0 Å². The van der Waals surface area contributed by atoms with Crippen molar-refractivity contribution in [2.24, 2.45) is 0 Å². The van der Waals surface area contributed by atoms with Crippen LogP contribution in [0.15, 0.2) is 46.8 Å². The first-order chi connectivity index (χ1) is 15.5. The molecule has 10 heteroatoms. The van der Waals surface area contributed by atoms with Gasteiger partial charge < -0.3 is 14.8 Å². The predicted octanol–water partition coefficient (Wildman–Crippen LogP) is 3.57. The van der Waals surface area contributed by atoms with Crippen LogP contribution in [0.25, 0.3) is 0 Å². The Balaban J connectivity index is 1.42. The fourth-order valence-electron chi connectivity index (χ4n) is 2.83. The van der Waals surface area contributed by atoms with E-state index in [2.05, 4.69) is 20.8 Å². The summed E-state index contributed by atoms with van der Waals surface area (Å²) in [4.78, 5) is 24.4. The summed E-state index contributed by atoms with van der Waals surface area (Å²) in [6.45, 7) is 2.43. The molecule has 0 aliphatic heterocycles. The van der Waals surface area contributed by atoms with Crippen LogP contribution in [-0.4, -0.2) is 48.5 Å². The molecule has 1 heterocycles. The highest BCUT2D eigenvalue weighted by molar-refractivity contribution is 8.01. The van der Waals surface area contributed by atoms with E-state index in [1.807, 2.05) is 37.3 Å². The predicted molar refractivity (Wildman–Crippen MR) is 126 cm³/mol. The minimum absolute atomic E-state index is 0.101. The molecule has 0 radical (unpaired) electrons. The molecule has 0 saturated carbocycles. The zero-order valence-electron chi connectivity index (χ0n) is 18.0. The van der Waals surface area contributed by atoms with Gasteiger partial charge in [-0.05, 0) is 43.2 Å². The molecule has 0 bridgehead atoms. The minimum atomic E-state index is -0.241. The van der Waals surface area contributed by atoms with Crippen LogP contribution in [0, 0.1) is 6.92 Å². The van der Waals surface area contributed by atoms with E-state index in [-0.39, 0.29) is 17.6 Å². The van der Waals surface area contributed by atoms with Crippen molar-refractivity contribution in [1.29, 1.82) is 0 Å². The zero-order chi connectivity index (χ0) is 22.9. The molecule has 168 valence electrons. The van der Waals surface area contributed by atoms with Crippen molar-refractivity contribution in [3.63, 3.8) is 0 Å². The molecule has 2 N–H and O–H groups in total. The molecule has 0 fully saturated rings. The first kappa shape index (κ1) is 23.6. The van der Waals surface area contributed by atoms with E-state index < -0.39 is 0 Å². The number of carbonyl (C=O) groups excluding carboxylic acids is 2. The molecule has 0 saturated heterocycles. The van der Waals surface area contributed by atoms with Gasteiger partial charge in [-0.3, -0.25) is 14.9 Å². The zero-order valence-corrected chi connectivity index (χ0v) is 19.6. The highest BCUT2D eigenvalue weighted by Gasteiger charge is 2.12. The summed E-state index contributed by atoms with van der Waals surface area (Å²) in [5.41, 5.74) is 2.60. The number of hydrogen-bond donors (Lipinski definition) is 2. The van der Waals surface area contributed by atoms with Crippen LogP contribution in [-0.2, 0) is 11.2 Å². The molecule has 0 atom stereocenters. The minimum Gasteiger partial charge on any atom is -0.493 e. The Morgan fingerprint density at radius 1 is 1.06 bits per heavy atom. The third kappa shape index (κ3) is 6.69. The number of aryl methyl sites for hydroxylation is 1. The summed E-state index contributed by atoms with van der Waals surface area (Å²) in [7, 11) is 3.18. The van der Waals surface area contributed by atoms with E-state index in [1.165, 1.54) is 23.1 Å². The van der Waals surface area contributed by atoms with Gasteiger partial charge in [0, 0.05) is 12.1 Å². The molecule has 0 aliphatic carbocycles. The lowest BCUT2D eigenvalue weighted by Crippen LogP contribution is -2.27. The second kappa shape index (κ2) is 11.5. The fraction of sp³-hybridized carbons (Fsp3) is 0.273. The Labute approximate surface area is 194 Å². The van der Waals surface area contributed by atoms with Crippen molar-refractivity contribution >= 4 is 40.0 Å². The molecular formula is C22H24N4O4S2. The number of ether oxygens (including phenoxy) is 2. The quantitative estimate of drug-likeness (QED) is 0.343. The maximum Gasteiger partial charge on any atom is 0.257 e. The van der Waals surface area contributed by atoms with Crippen molar-refractivity contribution < 1.29 is 19.1 Å². The summed E-state index contributed by atoms with van der Waals surface area (Å²) < 4.78 is 11.1. The normalized spacial score (nSPS) is 10.5. The second-order valence-electron chi connectivity index (χ2n) is 6.77. The van der Waals surface area contributed by atoms with Crippen molar-refractivity contribution in [3.05, 3.63) is 59.2 Å². The van der Waals surface area contributed by atoms with Crippen LogP contribution in [0.5, 0.6) is 11.5 Å². The lowest BCUT2D eigenvalue weighted by molar-refractivity contribution is -0.118. The molecule has 32 heavy (non-hydrogen) atoms. The summed E-state index contributed by atoms with van der Waals surface area (Å²) >= 11 is 2.51. The van der Waals surface area contributed by atoms with E-state index >= 15 is 0 Å². The maximum absolute atomic E-state index is 12.3. The van der Waals surface area contributed by atoms with Crippen molar-refractivity contribution in [2.75, 3.05) is 31.8 Å². The number of hydrogen-bond acceptors (Lipinski definition) is 8. The van der Waals surface area contributed by atoms with Crippen molar-refractivity contribution in [1.82, 2.24) is 15.5 Å². The van der Waals surface area contributed by atoms with Crippen LogP contribution in [0.1, 0.15) is 21.5 Å². The van der Waals surface area contributed by atoms with E-state index in [0.717, 1.165) is 11.1 Å². The average molecular weight is 473 g/mol. The summed E-state index contributed by atoms with van der Waals surface area (Å²) in [6, 6.07) is 13.0. The largest absolute Gasteiger partial charge is 0.493 e. The number of anilines is 1. The Bertz CT molecular complexity index is 1090. The number of nitrogens with one attached hydrogen (secondary N) is 2. The van der Waals surface area contributed by atoms with E-state index in [4.69, 9.17) is 9.47 Å². The van der Waals surface area contributed by atoms with Gasteiger partial charge in [0.2, 0.25) is 11.0 Å². The van der Waals surface area contributed by atoms with Gasteiger partial charge in [-0.2, -0.15) is 0 Å². The highest BCUT2D eigenvalue weighted by atomic mass is 32.2. The first-order valence-electron chi connectivity index (χ1n) is 9.80. The van der Waals surface area contributed by atoms with Crippen LogP contribution in [0.3, 0.4) is 0 Å². The van der Waals surface area contributed by atoms with Gasteiger partial charge in [-0.1, -0.05) is 46.9 Å². The van der Waals surface area contributed by atoms with Gasteiger partial charge in [-0.15, -0.1) is 10.2 Å². The molecular weight excluding hydrogens is 448 g/mol. The Hall–Kier alpha value is -3.11. The van der Waals surface area contributed by atoms with Crippen molar-refractivity contribution in [2.45, 2.75) is 17.7 Å². The van der Waals surface area contributed by atoms with Gasteiger partial charge in [0.15, 0.2) is 15.8 Å².